The Hall–Kier alpha value is -1.09. The number of halogens is 1. The van der Waals surface area contributed by atoms with Gasteiger partial charge in [-0.3, -0.25) is 0 Å². The van der Waals surface area contributed by atoms with Crippen molar-refractivity contribution >= 4 is 5.69 Å². The van der Waals surface area contributed by atoms with Crippen molar-refractivity contribution in [3.05, 3.63) is 29.6 Å². The van der Waals surface area contributed by atoms with Crippen molar-refractivity contribution in [1.82, 2.24) is 0 Å². The molecule has 92 valence electrons. The van der Waals surface area contributed by atoms with Gasteiger partial charge in [0.25, 0.3) is 0 Å². The van der Waals surface area contributed by atoms with Crippen molar-refractivity contribution in [1.29, 1.82) is 0 Å². The summed E-state index contributed by atoms with van der Waals surface area (Å²) in [7, 11) is 0. The second-order valence-corrected chi connectivity index (χ2v) is 5.45. The fourth-order valence-electron chi connectivity index (χ4n) is 3.40. The minimum absolute atomic E-state index is 0.111. The van der Waals surface area contributed by atoms with Crippen molar-refractivity contribution in [3.8, 4) is 0 Å². The fraction of sp³-hybridized carbons (Fsp3) is 0.571. The number of rotatable bonds is 2. The number of hydrogen-bond acceptors (Lipinski definition) is 2. The minimum Gasteiger partial charge on any atom is -0.366 e. The maximum atomic E-state index is 14.1. The van der Waals surface area contributed by atoms with E-state index in [-0.39, 0.29) is 11.9 Å². The first-order valence-electron chi connectivity index (χ1n) is 6.47. The average Bonchev–Trinajstić information content (AvgIpc) is 2.90. The molecule has 1 aromatic rings. The van der Waals surface area contributed by atoms with Crippen LogP contribution < -0.4 is 10.6 Å². The van der Waals surface area contributed by atoms with E-state index in [1.165, 1.54) is 19.3 Å². The third kappa shape index (κ3) is 1.73. The Morgan fingerprint density at radius 1 is 1.41 bits per heavy atom. The highest BCUT2D eigenvalue weighted by Crippen LogP contribution is 2.42. The van der Waals surface area contributed by atoms with Gasteiger partial charge in [-0.2, -0.15) is 0 Å². The first kappa shape index (κ1) is 11.0. The van der Waals surface area contributed by atoms with Gasteiger partial charge in [-0.25, -0.2) is 4.39 Å². The van der Waals surface area contributed by atoms with Crippen molar-refractivity contribution in [2.75, 3.05) is 11.4 Å². The van der Waals surface area contributed by atoms with Crippen LogP contribution in [0.3, 0.4) is 0 Å². The van der Waals surface area contributed by atoms with Gasteiger partial charge in [-0.05, 0) is 43.7 Å². The number of para-hydroxylation sites is 1. The Bertz CT molecular complexity index is 430. The molecule has 1 aliphatic heterocycles. The molecule has 1 aromatic carbocycles. The summed E-state index contributed by atoms with van der Waals surface area (Å²) in [6.07, 6.45) is 3.74. The molecule has 0 spiro atoms. The highest BCUT2D eigenvalue weighted by Gasteiger charge is 2.39. The van der Waals surface area contributed by atoms with Gasteiger partial charge in [0.05, 0.1) is 5.69 Å². The highest BCUT2D eigenvalue weighted by molar-refractivity contribution is 5.58. The molecule has 17 heavy (non-hydrogen) atoms. The third-order valence-corrected chi connectivity index (χ3v) is 4.20. The van der Waals surface area contributed by atoms with Crippen LogP contribution in [0.1, 0.15) is 37.8 Å². The van der Waals surface area contributed by atoms with Crippen LogP contribution in [-0.2, 0) is 0 Å². The lowest BCUT2D eigenvalue weighted by Gasteiger charge is -2.32. The van der Waals surface area contributed by atoms with Gasteiger partial charge >= 0.3 is 0 Å². The first-order chi connectivity index (χ1) is 8.16. The summed E-state index contributed by atoms with van der Waals surface area (Å²) in [5.41, 5.74) is 7.66. The van der Waals surface area contributed by atoms with E-state index in [0.29, 0.717) is 6.04 Å². The number of nitrogens with zero attached hydrogens (tertiary/aromatic N) is 1. The minimum atomic E-state index is -0.118. The van der Waals surface area contributed by atoms with E-state index in [1.807, 2.05) is 13.0 Å². The lowest BCUT2D eigenvalue weighted by Crippen LogP contribution is -2.34. The zero-order valence-corrected chi connectivity index (χ0v) is 10.2. The van der Waals surface area contributed by atoms with E-state index in [0.717, 1.165) is 23.7 Å². The molecule has 2 nitrogen and oxygen atoms in total. The average molecular weight is 234 g/mol. The lowest BCUT2D eigenvalue weighted by atomic mass is 10.0. The monoisotopic (exact) mass is 234 g/mol. The molecule has 0 radical (unpaired) electrons. The number of fused-ring (bicyclic) bond motifs is 2. The SMILES string of the molecule is CC(N)c1cccc(F)c1N1CC2CCC1C2. The molecule has 2 fully saturated rings. The van der Waals surface area contributed by atoms with Crippen LogP contribution in [0.2, 0.25) is 0 Å². The van der Waals surface area contributed by atoms with Gasteiger partial charge in [0, 0.05) is 18.6 Å². The number of benzene rings is 1. The topological polar surface area (TPSA) is 29.3 Å². The summed E-state index contributed by atoms with van der Waals surface area (Å²) in [6, 6.07) is 5.68. The number of piperidine rings is 1. The molecule has 0 aromatic heterocycles. The molecule has 3 rings (SSSR count). The van der Waals surface area contributed by atoms with Crippen LogP contribution in [0.25, 0.3) is 0 Å². The molecule has 3 atom stereocenters. The molecule has 1 heterocycles. The standard InChI is InChI=1S/C14H19FN2/c1-9(16)12-3-2-4-13(15)14(12)17-8-10-5-6-11(17)7-10/h2-4,9-11H,5-8,16H2,1H3. The van der Waals surface area contributed by atoms with Crippen LogP contribution >= 0.6 is 0 Å². The molecule has 1 aliphatic carbocycles. The fourth-order valence-corrected chi connectivity index (χ4v) is 3.40. The normalized spacial score (nSPS) is 28.8. The Balaban J connectivity index is 2.02. The zero-order valence-electron chi connectivity index (χ0n) is 10.2. The van der Waals surface area contributed by atoms with E-state index < -0.39 is 0 Å². The van der Waals surface area contributed by atoms with E-state index >= 15 is 0 Å². The van der Waals surface area contributed by atoms with Crippen molar-refractivity contribution in [2.24, 2.45) is 11.7 Å². The maximum absolute atomic E-state index is 14.1. The van der Waals surface area contributed by atoms with E-state index in [4.69, 9.17) is 5.73 Å². The molecule has 3 unspecified atom stereocenters. The molecular formula is C14H19FN2. The second-order valence-electron chi connectivity index (χ2n) is 5.45. The smallest absolute Gasteiger partial charge is 0.146 e. The number of nitrogens with two attached hydrogens (primary N) is 1. The summed E-state index contributed by atoms with van der Waals surface area (Å²) in [5, 5.41) is 0. The van der Waals surface area contributed by atoms with Crippen LogP contribution in [0.15, 0.2) is 18.2 Å². The third-order valence-electron chi connectivity index (χ3n) is 4.20. The Morgan fingerprint density at radius 3 is 2.82 bits per heavy atom. The van der Waals surface area contributed by atoms with Crippen LogP contribution in [0.5, 0.6) is 0 Å². The molecule has 2 aliphatic rings. The molecular weight excluding hydrogens is 215 g/mol. The van der Waals surface area contributed by atoms with E-state index in [2.05, 4.69) is 4.90 Å². The Labute approximate surface area is 102 Å². The van der Waals surface area contributed by atoms with Gasteiger partial charge in [0.1, 0.15) is 5.82 Å². The number of hydrogen-bond donors (Lipinski definition) is 1. The highest BCUT2D eigenvalue weighted by atomic mass is 19.1. The molecule has 2 bridgehead atoms. The van der Waals surface area contributed by atoms with Gasteiger partial charge in [0.15, 0.2) is 0 Å². The van der Waals surface area contributed by atoms with Crippen LogP contribution in [0, 0.1) is 11.7 Å². The van der Waals surface area contributed by atoms with Crippen LogP contribution in [0.4, 0.5) is 10.1 Å². The van der Waals surface area contributed by atoms with E-state index in [9.17, 15) is 4.39 Å². The molecule has 0 amide bonds. The first-order valence-corrected chi connectivity index (χ1v) is 6.47. The predicted molar refractivity (Wildman–Crippen MR) is 67.5 cm³/mol. The van der Waals surface area contributed by atoms with Gasteiger partial charge in [-0.15, -0.1) is 0 Å². The van der Waals surface area contributed by atoms with Crippen molar-refractivity contribution in [3.63, 3.8) is 0 Å². The number of anilines is 1. The zero-order chi connectivity index (χ0) is 12.0. The maximum Gasteiger partial charge on any atom is 0.146 e. The Kier molecular flexibility index (Phi) is 2.58. The van der Waals surface area contributed by atoms with Gasteiger partial charge < -0.3 is 10.6 Å². The van der Waals surface area contributed by atoms with Crippen molar-refractivity contribution in [2.45, 2.75) is 38.3 Å². The lowest BCUT2D eigenvalue weighted by molar-refractivity contribution is 0.537. The van der Waals surface area contributed by atoms with Gasteiger partial charge in [-0.1, -0.05) is 12.1 Å². The summed E-state index contributed by atoms with van der Waals surface area (Å²) >= 11 is 0. The predicted octanol–water partition coefficient (Wildman–Crippen LogP) is 2.83. The second kappa shape index (κ2) is 3.98. The summed E-state index contributed by atoms with van der Waals surface area (Å²) in [5.74, 6) is 0.646. The summed E-state index contributed by atoms with van der Waals surface area (Å²) < 4.78 is 14.1. The largest absolute Gasteiger partial charge is 0.366 e. The van der Waals surface area contributed by atoms with Crippen LogP contribution in [-0.4, -0.2) is 12.6 Å². The van der Waals surface area contributed by atoms with Crippen molar-refractivity contribution < 1.29 is 4.39 Å². The van der Waals surface area contributed by atoms with Gasteiger partial charge in [0.2, 0.25) is 0 Å². The molecule has 2 N–H and O–H groups in total. The molecule has 1 saturated carbocycles. The summed E-state index contributed by atoms with van der Waals surface area (Å²) in [6.45, 7) is 2.93. The quantitative estimate of drug-likeness (QED) is 0.852. The van der Waals surface area contributed by atoms with E-state index in [1.54, 1.807) is 12.1 Å². The molecule has 3 heteroatoms. The molecule has 1 saturated heterocycles. The summed E-state index contributed by atoms with van der Waals surface area (Å²) in [4.78, 5) is 2.25. The Morgan fingerprint density at radius 2 is 2.24 bits per heavy atom.